The second-order valence-electron chi connectivity index (χ2n) is 11.4. The van der Waals surface area contributed by atoms with E-state index in [1.807, 2.05) is 62.6 Å². The number of likely N-dealkylation sites (tertiary alicyclic amines) is 1. The Balaban J connectivity index is 1.87. The first kappa shape index (κ1) is 26.1. The summed E-state index contributed by atoms with van der Waals surface area (Å²) in [6, 6.07) is 7.12. The zero-order chi connectivity index (χ0) is 26.3. The number of benzene rings is 1. The lowest BCUT2D eigenvalue weighted by molar-refractivity contribution is -0.150. The van der Waals surface area contributed by atoms with E-state index in [0.717, 1.165) is 16.3 Å². The number of aromatic nitrogens is 1. The van der Waals surface area contributed by atoms with Crippen molar-refractivity contribution in [1.82, 2.24) is 15.3 Å². The highest BCUT2D eigenvalue weighted by atomic mass is 32.1. The number of carboxylic acid groups (broad SMARTS) is 1. The smallest absolute Gasteiger partial charge is 0.329 e. The fraction of sp³-hybridized carbons (Fsp3) is 0.500. The number of allylic oxidation sites excluding steroid dienone is 1. The van der Waals surface area contributed by atoms with Crippen LogP contribution in [0, 0.1) is 11.8 Å². The zero-order valence-corrected chi connectivity index (χ0v) is 22.7. The summed E-state index contributed by atoms with van der Waals surface area (Å²) < 4.78 is 0. The molecule has 1 aromatic carbocycles. The minimum absolute atomic E-state index is 0.0538. The third kappa shape index (κ3) is 4.83. The van der Waals surface area contributed by atoms with Crippen LogP contribution in [-0.2, 0) is 10.2 Å². The second-order valence-corrected chi connectivity index (χ2v) is 12.3. The van der Waals surface area contributed by atoms with Crippen molar-refractivity contribution in [3.8, 4) is 0 Å². The number of amides is 1. The topological polar surface area (TPSA) is 94.9 Å². The van der Waals surface area contributed by atoms with E-state index < -0.39 is 17.6 Å². The number of carboxylic acids is 1. The van der Waals surface area contributed by atoms with E-state index in [2.05, 4.69) is 36.3 Å². The molecular weight excluding hydrogens is 472 g/mol. The molecule has 0 bridgehead atoms. The maximum absolute atomic E-state index is 14.3. The van der Waals surface area contributed by atoms with Gasteiger partial charge in [0.2, 0.25) is 0 Å². The number of nitrogens with zero attached hydrogens (tertiary/aromatic N) is 3. The highest BCUT2D eigenvalue weighted by Gasteiger charge is 2.60. The van der Waals surface area contributed by atoms with Crippen LogP contribution in [0.4, 0.5) is 0 Å². The van der Waals surface area contributed by atoms with Crippen molar-refractivity contribution in [2.24, 2.45) is 16.9 Å². The Kier molecular flexibility index (Phi) is 7.10. The highest BCUT2D eigenvalue weighted by molar-refractivity contribution is 7.09. The lowest BCUT2D eigenvalue weighted by atomic mass is 9.82. The summed E-state index contributed by atoms with van der Waals surface area (Å²) >= 11 is 1.44. The van der Waals surface area contributed by atoms with Gasteiger partial charge in [0.25, 0.3) is 5.91 Å². The summed E-state index contributed by atoms with van der Waals surface area (Å²) in [6.07, 6.45) is 6.30. The standard InChI is InChI=1S/C28H36N4O3S/c1-17(2)15-28(26(34)35)16-21(22-12-7-18(3)30-31-22)23(24-29-13-14-36-24)32(28)25(33)19-8-10-20(11-9-19)27(4,5)6/h7-14,17-18,21,23,30H,15-16H2,1-6H3,(H,34,35)/t18?,21-,23-,28+/m1/s1. The Labute approximate surface area is 217 Å². The fourth-order valence-electron chi connectivity index (χ4n) is 5.36. The normalized spacial score (nSPS) is 26.1. The van der Waals surface area contributed by atoms with Crippen molar-refractivity contribution in [3.05, 3.63) is 64.1 Å². The molecule has 2 aliphatic rings. The third-order valence-corrected chi connectivity index (χ3v) is 7.92. The van der Waals surface area contributed by atoms with Crippen molar-refractivity contribution in [1.29, 1.82) is 0 Å². The molecule has 1 amide bonds. The van der Waals surface area contributed by atoms with Crippen LogP contribution in [0.3, 0.4) is 0 Å². The van der Waals surface area contributed by atoms with Crippen molar-refractivity contribution >= 4 is 28.9 Å². The molecule has 4 atom stereocenters. The molecule has 1 fully saturated rings. The first-order chi connectivity index (χ1) is 16.9. The summed E-state index contributed by atoms with van der Waals surface area (Å²) in [5.41, 5.74) is 4.01. The number of rotatable bonds is 6. The van der Waals surface area contributed by atoms with E-state index >= 15 is 0 Å². The summed E-state index contributed by atoms with van der Waals surface area (Å²) in [4.78, 5) is 33.5. The average molecular weight is 509 g/mol. The molecule has 1 saturated heterocycles. The van der Waals surface area contributed by atoms with E-state index in [1.165, 1.54) is 11.3 Å². The molecule has 192 valence electrons. The molecule has 7 nitrogen and oxygen atoms in total. The molecular formula is C28H36N4O3S. The molecule has 2 aliphatic heterocycles. The molecule has 3 heterocycles. The number of nitrogens with one attached hydrogen (secondary N) is 1. The van der Waals surface area contributed by atoms with Gasteiger partial charge >= 0.3 is 5.97 Å². The Bertz CT molecular complexity index is 1160. The van der Waals surface area contributed by atoms with Gasteiger partial charge in [0.05, 0.1) is 17.8 Å². The first-order valence-electron chi connectivity index (χ1n) is 12.5. The van der Waals surface area contributed by atoms with Crippen molar-refractivity contribution in [3.63, 3.8) is 0 Å². The number of carbonyl (C=O) groups excluding carboxylic acids is 1. The van der Waals surface area contributed by atoms with E-state index in [-0.39, 0.29) is 35.6 Å². The van der Waals surface area contributed by atoms with Crippen LogP contribution in [-0.4, -0.2) is 44.2 Å². The van der Waals surface area contributed by atoms with Crippen LogP contribution in [0.15, 0.2) is 53.1 Å². The van der Waals surface area contributed by atoms with Crippen molar-refractivity contribution < 1.29 is 14.7 Å². The summed E-state index contributed by atoms with van der Waals surface area (Å²) in [7, 11) is 0. The molecule has 0 radical (unpaired) electrons. The van der Waals surface area contributed by atoms with Gasteiger partial charge in [-0.25, -0.2) is 9.78 Å². The number of hydrogen-bond acceptors (Lipinski definition) is 6. The predicted octanol–water partition coefficient (Wildman–Crippen LogP) is 5.42. The Hall–Kier alpha value is -3.00. The molecule has 4 rings (SSSR count). The Morgan fingerprint density at radius 3 is 2.44 bits per heavy atom. The number of hydrazone groups is 1. The lowest BCUT2D eigenvalue weighted by Gasteiger charge is -2.38. The Morgan fingerprint density at radius 2 is 1.94 bits per heavy atom. The summed E-state index contributed by atoms with van der Waals surface area (Å²) in [5.74, 6) is -1.51. The van der Waals surface area contributed by atoms with E-state index in [0.29, 0.717) is 12.0 Å². The lowest BCUT2D eigenvalue weighted by Crippen LogP contribution is -2.54. The first-order valence-corrected chi connectivity index (χ1v) is 13.4. The second kappa shape index (κ2) is 9.81. The number of thiazole rings is 1. The van der Waals surface area contributed by atoms with Crippen LogP contribution >= 0.6 is 11.3 Å². The minimum atomic E-state index is -1.38. The van der Waals surface area contributed by atoms with Gasteiger partial charge in [0.15, 0.2) is 0 Å². The number of hydrogen-bond donors (Lipinski definition) is 2. The Morgan fingerprint density at radius 1 is 1.25 bits per heavy atom. The van der Waals surface area contributed by atoms with E-state index in [9.17, 15) is 14.7 Å². The van der Waals surface area contributed by atoms with Crippen LogP contribution in [0.25, 0.3) is 0 Å². The largest absolute Gasteiger partial charge is 0.479 e. The summed E-state index contributed by atoms with van der Waals surface area (Å²) in [6.45, 7) is 12.4. The molecule has 1 unspecified atom stereocenters. The quantitative estimate of drug-likeness (QED) is 0.543. The van der Waals surface area contributed by atoms with Crippen LogP contribution in [0.2, 0.25) is 0 Å². The van der Waals surface area contributed by atoms with Gasteiger partial charge in [-0.15, -0.1) is 11.3 Å². The van der Waals surface area contributed by atoms with Gasteiger partial charge in [0.1, 0.15) is 10.5 Å². The van der Waals surface area contributed by atoms with Gasteiger partial charge in [0, 0.05) is 23.1 Å². The van der Waals surface area contributed by atoms with Crippen LogP contribution < -0.4 is 5.43 Å². The van der Waals surface area contributed by atoms with E-state index in [4.69, 9.17) is 0 Å². The molecule has 0 spiro atoms. The van der Waals surface area contributed by atoms with Crippen molar-refractivity contribution in [2.75, 3.05) is 0 Å². The molecule has 36 heavy (non-hydrogen) atoms. The molecule has 2 N–H and O–H groups in total. The van der Waals surface area contributed by atoms with Crippen LogP contribution in [0.5, 0.6) is 0 Å². The summed E-state index contributed by atoms with van der Waals surface area (Å²) in [5, 5.41) is 17.9. The van der Waals surface area contributed by atoms with Gasteiger partial charge in [-0.3, -0.25) is 4.79 Å². The number of aliphatic carboxylic acids is 1. The minimum Gasteiger partial charge on any atom is -0.479 e. The van der Waals surface area contributed by atoms with Crippen LogP contribution in [0.1, 0.15) is 81.4 Å². The molecule has 0 aliphatic carbocycles. The maximum atomic E-state index is 14.3. The third-order valence-electron chi connectivity index (χ3n) is 7.08. The molecule has 1 aromatic heterocycles. The zero-order valence-electron chi connectivity index (χ0n) is 21.9. The predicted molar refractivity (Wildman–Crippen MR) is 143 cm³/mol. The van der Waals surface area contributed by atoms with Gasteiger partial charge < -0.3 is 15.4 Å². The average Bonchev–Trinajstić information content (AvgIpc) is 3.45. The molecule has 8 heteroatoms. The monoisotopic (exact) mass is 508 g/mol. The number of carbonyl (C=O) groups is 2. The van der Waals surface area contributed by atoms with Gasteiger partial charge in [-0.05, 0) is 54.9 Å². The van der Waals surface area contributed by atoms with Crippen molar-refractivity contribution in [2.45, 2.75) is 77.4 Å². The van der Waals surface area contributed by atoms with Gasteiger partial charge in [-0.1, -0.05) is 52.8 Å². The SMILES string of the molecule is CC(C)C[C@@]1(C(=O)O)C[C@H](C2=NNC(C)C=C2)[C@H](c2nccs2)N1C(=O)c1ccc(C(C)(C)C)cc1. The highest BCUT2D eigenvalue weighted by Crippen LogP contribution is 2.51. The molecule has 0 saturated carbocycles. The molecule has 2 aromatic rings. The fourth-order valence-corrected chi connectivity index (χ4v) is 6.15. The van der Waals surface area contributed by atoms with Gasteiger partial charge in [-0.2, -0.15) is 5.10 Å². The van der Waals surface area contributed by atoms with E-state index in [1.54, 1.807) is 11.1 Å². The maximum Gasteiger partial charge on any atom is 0.329 e.